The summed E-state index contributed by atoms with van der Waals surface area (Å²) in [4.78, 5) is 16.7. The van der Waals surface area contributed by atoms with Crippen LogP contribution in [0.25, 0.3) is 23.1 Å². The van der Waals surface area contributed by atoms with Crippen LogP contribution in [-0.2, 0) is 0 Å². The number of nitrogens with one attached hydrogen (secondary N) is 1. The number of aromatic amines is 1. The lowest BCUT2D eigenvalue weighted by Crippen LogP contribution is -2.07. The fourth-order valence-electron chi connectivity index (χ4n) is 2.44. The van der Waals surface area contributed by atoms with E-state index in [1.807, 2.05) is 50.5 Å². The number of para-hydroxylation sites is 1. The van der Waals surface area contributed by atoms with E-state index in [9.17, 15) is 4.79 Å². The van der Waals surface area contributed by atoms with Gasteiger partial charge in [0.05, 0.1) is 0 Å². The normalized spacial score (nSPS) is 11.2. The predicted molar refractivity (Wildman–Crippen MR) is 94.3 cm³/mol. The SMILES string of the molecule is CN(C)c1ccc(/C=C/c2cc(=O)[nH]c3ccccc23)cc1. The molecular formula is C19H18N2O. The summed E-state index contributed by atoms with van der Waals surface area (Å²) < 4.78 is 0. The highest BCUT2D eigenvalue weighted by Gasteiger charge is 2.00. The maximum Gasteiger partial charge on any atom is 0.249 e. The zero-order chi connectivity index (χ0) is 15.5. The van der Waals surface area contributed by atoms with Crippen molar-refractivity contribution in [3.05, 3.63) is 76.1 Å². The van der Waals surface area contributed by atoms with Crippen LogP contribution in [-0.4, -0.2) is 19.1 Å². The zero-order valence-electron chi connectivity index (χ0n) is 12.7. The van der Waals surface area contributed by atoms with Gasteiger partial charge in [0.2, 0.25) is 5.56 Å². The van der Waals surface area contributed by atoms with Crippen LogP contribution in [0.3, 0.4) is 0 Å². The first kappa shape index (κ1) is 14.1. The van der Waals surface area contributed by atoms with Crippen molar-refractivity contribution < 1.29 is 0 Å². The fraction of sp³-hybridized carbons (Fsp3) is 0.105. The van der Waals surface area contributed by atoms with Crippen molar-refractivity contribution in [2.24, 2.45) is 0 Å². The molecular weight excluding hydrogens is 272 g/mol. The Morgan fingerprint density at radius 3 is 2.41 bits per heavy atom. The topological polar surface area (TPSA) is 36.1 Å². The van der Waals surface area contributed by atoms with Crippen LogP contribution >= 0.6 is 0 Å². The summed E-state index contributed by atoms with van der Waals surface area (Å²) in [5, 5.41) is 1.04. The van der Waals surface area contributed by atoms with Gasteiger partial charge in [0.1, 0.15) is 0 Å². The molecule has 3 nitrogen and oxygen atoms in total. The van der Waals surface area contributed by atoms with Gasteiger partial charge in [-0.1, -0.05) is 42.5 Å². The summed E-state index contributed by atoms with van der Waals surface area (Å²) >= 11 is 0. The van der Waals surface area contributed by atoms with E-state index in [1.54, 1.807) is 6.07 Å². The number of anilines is 1. The third-order valence-electron chi connectivity index (χ3n) is 3.65. The van der Waals surface area contributed by atoms with E-state index in [2.05, 4.69) is 34.1 Å². The van der Waals surface area contributed by atoms with Crippen molar-refractivity contribution in [1.29, 1.82) is 0 Å². The number of aromatic nitrogens is 1. The molecule has 2 aromatic carbocycles. The Bertz CT molecular complexity index is 874. The highest BCUT2D eigenvalue weighted by molar-refractivity contribution is 5.90. The number of benzene rings is 2. The Morgan fingerprint density at radius 1 is 0.955 bits per heavy atom. The van der Waals surface area contributed by atoms with Crippen LogP contribution in [0.1, 0.15) is 11.1 Å². The van der Waals surface area contributed by atoms with E-state index in [1.165, 1.54) is 5.69 Å². The van der Waals surface area contributed by atoms with Gasteiger partial charge in [0.25, 0.3) is 0 Å². The molecule has 1 N–H and O–H groups in total. The monoisotopic (exact) mass is 290 g/mol. The lowest BCUT2D eigenvalue weighted by atomic mass is 10.1. The number of H-pyrrole nitrogens is 1. The van der Waals surface area contributed by atoms with Gasteiger partial charge in [-0.2, -0.15) is 0 Å². The van der Waals surface area contributed by atoms with Crippen molar-refractivity contribution in [2.75, 3.05) is 19.0 Å². The molecule has 0 saturated carbocycles. The van der Waals surface area contributed by atoms with Gasteiger partial charge in [-0.05, 0) is 29.3 Å². The highest BCUT2D eigenvalue weighted by Crippen LogP contribution is 2.18. The number of hydrogen-bond donors (Lipinski definition) is 1. The van der Waals surface area contributed by atoms with Gasteiger partial charge < -0.3 is 9.88 Å². The van der Waals surface area contributed by atoms with Gasteiger partial charge in [0.15, 0.2) is 0 Å². The molecule has 3 heteroatoms. The Balaban J connectivity index is 1.97. The summed E-state index contributed by atoms with van der Waals surface area (Å²) in [5.74, 6) is 0. The molecule has 0 saturated heterocycles. The predicted octanol–water partition coefficient (Wildman–Crippen LogP) is 3.76. The van der Waals surface area contributed by atoms with Gasteiger partial charge in [0, 0.05) is 36.8 Å². The number of pyridine rings is 1. The second-order valence-electron chi connectivity index (χ2n) is 5.45. The van der Waals surface area contributed by atoms with Crippen molar-refractivity contribution >= 4 is 28.7 Å². The third-order valence-corrected chi connectivity index (χ3v) is 3.65. The number of fused-ring (bicyclic) bond motifs is 1. The first-order chi connectivity index (χ1) is 10.6. The molecule has 0 unspecified atom stereocenters. The van der Waals surface area contributed by atoms with Crippen LogP contribution in [0.15, 0.2) is 59.4 Å². The lowest BCUT2D eigenvalue weighted by molar-refractivity contribution is 1.13. The molecule has 110 valence electrons. The molecule has 3 aromatic rings. The quantitative estimate of drug-likeness (QED) is 0.797. The number of hydrogen-bond acceptors (Lipinski definition) is 2. The van der Waals surface area contributed by atoms with Crippen molar-refractivity contribution in [3.8, 4) is 0 Å². The molecule has 1 aromatic heterocycles. The molecule has 0 atom stereocenters. The minimum absolute atomic E-state index is 0.0821. The maximum absolute atomic E-state index is 11.7. The Labute approximate surface area is 129 Å². The zero-order valence-corrected chi connectivity index (χ0v) is 12.7. The van der Waals surface area contributed by atoms with E-state index < -0.39 is 0 Å². The maximum atomic E-state index is 11.7. The molecule has 0 radical (unpaired) electrons. The number of rotatable bonds is 3. The summed E-state index contributed by atoms with van der Waals surface area (Å²) in [6.45, 7) is 0. The fourth-order valence-corrected chi connectivity index (χ4v) is 2.44. The second-order valence-corrected chi connectivity index (χ2v) is 5.45. The van der Waals surface area contributed by atoms with E-state index in [4.69, 9.17) is 0 Å². The molecule has 3 rings (SSSR count). The Kier molecular flexibility index (Phi) is 3.79. The molecule has 0 amide bonds. The van der Waals surface area contributed by atoms with Crippen LogP contribution < -0.4 is 10.5 Å². The average Bonchev–Trinajstić information content (AvgIpc) is 2.52. The van der Waals surface area contributed by atoms with Crippen molar-refractivity contribution in [1.82, 2.24) is 4.98 Å². The summed E-state index contributed by atoms with van der Waals surface area (Å²) in [6, 6.07) is 17.8. The Hall–Kier alpha value is -2.81. The van der Waals surface area contributed by atoms with Gasteiger partial charge >= 0.3 is 0 Å². The molecule has 0 aliphatic heterocycles. The van der Waals surface area contributed by atoms with Gasteiger partial charge in [-0.3, -0.25) is 4.79 Å². The Morgan fingerprint density at radius 2 is 1.68 bits per heavy atom. The van der Waals surface area contributed by atoms with Gasteiger partial charge in [-0.25, -0.2) is 0 Å². The first-order valence-electron chi connectivity index (χ1n) is 7.21. The average molecular weight is 290 g/mol. The smallest absolute Gasteiger partial charge is 0.249 e. The molecule has 0 fully saturated rings. The van der Waals surface area contributed by atoms with E-state index >= 15 is 0 Å². The minimum atomic E-state index is -0.0821. The molecule has 0 spiro atoms. The van der Waals surface area contributed by atoms with Crippen molar-refractivity contribution in [2.45, 2.75) is 0 Å². The summed E-state index contributed by atoms with van der Waals surface area (Å²) in [7, 11) is 4.04. The molecule has 0 bridgehead atoms. The largest absolute Gasteiger partial charge is 0.378 e. The van der Waals surface area contributed by atoms with E-state index in [0.29, 0.717) is 0 Å². The molecule has 0 aliphatic carbocycles. The van der Waals surface area contributed by atoms with E-state index in [-0.39, 0.29) is 5.56 Å². The van der Waals surface area contributed by atoms with Crippen LogP contribution in [0, 0.1) is 0 Å². The van der Waals surface area contributed by atoms with Crippen LogP contribution in [0.2, 0.25) is 0 Å². The standard InChI is InChI=1S/C19H18N2O/c1-21(2)16-11-8-14(9-12-16)7-10-15-13-19(22)20-18-6-4-3-5-17(15)18/h3-13H,1-2H3,(H,20,22)/b10-7+. The molecule has 22 heavy (non-hydrogen) atoms. The second kappa shape index (κ2) is 5.90. The first-order valence-corrected chi connectivity index (χ1v) is 7.21. The summed E-state index contributed by atoms with van der Waals surface area (Å²) in [6.07, 6.45) is 4.02. The third kappa shape index (κ3) is 2.93. The lowest BCUT2D eigenvalue weighted by Gasteiger charge is -2.11. The van der Waals surface area contributed by atoms with Gasteiger partial charge in [-0.15, -0.1) is 0 Å². The highest BCUT2D eigenvalue weighted by atomic mass is 16.1. The minimum Gasteiger partial charge on any atom is -0.378 e. The summed E-state index contributed by atoms with van der Waals surface area (Å²) in [5.41, 5.74) is 3.98. The molecule has 0 aliphatic rings. The molecule has 1 heterocycles. The number of nitrogens with zero attached hydrogens (tertiary/aromatic N) is 1. The van der Waals surface area contributed by atoms with E-state index in [0.717, 1.165) is 22.0 Å². The van der Waals surface area contributed by atoms with Crippen LogP contribution in [0.5, 0.6) is 0 Å². The van der Waals surface area contributed by atoms with Crippen LogP contribution in [0.4, 0.5) is 5.69 Å². The van der Waals surface area contributed by atoms with Crippen molar-refractivity contribution in [3.63, 3.8) is 0 Å².